The highest BCUT2D eigenvalue weighted by atomic mass is 35.5. The Bertz CT molecular complexity index is 817. The van der Waals surface area contributed by atoms with Crippen LogP contribution in [0.2, 0.25) is 0 Å². The molecule has 0 N–H and O–H groups in total. The number of benzene rings is 2. The number of aromatic nitrogens is 2. The molecule has 6 heteroatoms. The zero-order valence-corrected chi connectivity index (χ0v) is 11.9. The van der Waals surface area contributed by atoms with Crippen molar-refractivity contribution in [3.05, 3.63) is 53.9 Å². The summed E-state index contributed by atoms with van der Waals surface area (Å²) >= 11 is 5.93. The van der Waals surface area contributed by atoms with Gasteiger partial charge in [0.25, 0.3) is 0 Å². The van der Waals surface area contributed by atoms with Gasteiger partial charge in [-0.3, -0.25) is 4.57 Å². The van der Waals surface area contributed by atoms with Crippen LogP contribution in [-0.2, 0) is 5.88 Å². The number of imidazole rings is 1. The molecule has 0 aliphatic rings. The van der Waals surface area contributed by atoms with Gasteiger partial charge in [0.15, 0.2) is 11.6 Å². The lowest BCUT2D eigenvalue weighted by atomic mass is 10.2. The van der Waals surface area contributed by atoms with Gasteiger partial charge in [0.2, 0.25) is 0 Å². The predicted octanol–water partition coefficient (Wildman–Crippen LogP) is 4.05. The van der Waals surface area contributed by atoms with Crippen molar-refractivity contribution >= 4 is 22.6 Å². The second-order valence-corrected chi connectivity index (χ2v) is 4.69. The van der Waals surface area contributed by atoms with E-state index in [0.29, 0.717) is 22.8 Å². The maximum atomic E-state index is 13.5. The molecular weight excluding hydrogens is 298 g/mol. The minimum absolute atomic E-state index is 0.136. The van der Waals surface area contributed by atoms with Crippen LogP contribution in [-0.4, -0.2) is 16.7 Å². The van der Waals surface area contributed by atoms with Crippen LogP contribution in [0.25, 0.3) is 16.7 Å². The molecule has 0 aliphatic carbocycles. The predicted molar refractivity (Wildman–Crippen MR) is 77.1 cm³/mol. The molecule has 21 heavy (non-hydrogen) atoms. The summed E-state index contributed by atoms with van der Waals surface area (Å²) in [5.41, 5.74) is 1.80. The number of rotatable bonds is 3. The number of hydrogen-bond acceptors (Lipinski definition) is 2. The van der Waals surface area contributed by atoms with E-state index in [1.807, 2.05) is 6.07 Å². The molecule has 0 atom stereocenters. The van der Waals surface area contributed by atoms with Gasteiger partial charge in [-0.2, -0.15) is 0 Å². The Morgan fingerprint density at radius 2 is 2.00 bits per heavy atom. The van der Waals surface area contributed by atoms with Crippen LogP contribution in [0.3, 0.4) is 0 Å². The van der Waals surface area contributed by atoms with Crippen LogP contribution >= 0.6 is 11.6 Å². The van der Waals surface area contributed by atoms with E-state index < -0.39 is 11.6 Å². The van der Waals surface area contributed by atoms with Crippen LogP contribution in [0.15, 0.2) is 36.4 Å². The van der Waals surface area contributed by atoms with Crippen molar-refractivity contribution < 1.29 is 13.5 Å². The Balaban J connectivity index is 2.32. The van der Waals surface area contributed by atoms with Crippen LogP contribution in [0.4, 0.5) is 8.78 Å². The lowest BCUT2D eigenvalue weighted by Crippen LogP contribution is -2.00. The Kier molecular flexibility index (Phi) is 3.51. The van der Waals surface area contributed by atoms with E-state index in [4.69, 9.17) is 16.3 Å². The molecule has 108 valence electrons. The first kappa shape index (κ1) is 13.8. The fourth-order valence-corrected chi connectivity index (χ4v) is 2.47. The molecule has 2 aromatic carbocycles. The summed E-state index contributed by atoms with van der Waals surface area (Å²) < 4.78 is 33.5. The molecule has 0 aliphatic heterocycles. The molecule has 0 bridgehead atoms. The zero-order valence-electron chi connectivity index (χ0n) is 11.1. The molecular formula is C15H11ClF2N2O. The van der Waals surface area contributed by atoms with Gasteiger partial charge in [-0.15, -0.1) is 11.6 Å². The second kappa shape index (κ2) is 5.33. The maximum Gasteiger partial charge on any atom is 0.160 e. The van der Waals surface area contributed by atoms with E-state index >= 15 is 0 Å². The molecule has 1 aromatic heterocycles. The number of nitrogens with zero attached hydrogens (tertiary/aromatic N) is 2. The topological polar surface area (TPSA) is 27.1 Å². The number of hydrogen-bond donors (Lipinski definition) is 0. The highest BCUT2D eigenvalue weighted by molar-refractivity contribution is 6.17. The third-order valence-electron chi connectivity index (χ3n) is 3.22. The quantitative estimate of drug-likeness (QED) is 0.683. The first-order valence-electron chi connectivity index (χ1n) is 6.21. The summed E-state index contributed by atoms with van der Waals surface area (Å²) in [5, 5.41) is 0. The first-order valence-corrected chi connectivity index (χ1v) is 6.75. The highest BCUT2D eigenvalue weighted by Crippen LogP contribution is 2.29. The van der Waals surface area contributed by atoms with Gasteiger partial charge in [0.05, 0.1) is 24.2 Å². The fraction of sp³-hybridized carbons (Fsp3) is 0.133. The molecule has 0 amide bonds. The third kappa shape index (κ3) is 2.23. The third-order valence-corrected chi connectivity index (χ3v) is 3.46. The summed E-state index contributed by atoms with van der Waals surface area (Å²) in [4.78, 5) is 4.42. The average Bonchev–Trinajstić information content (AvgIpc) is 2.88. The zero-order chi connectivity index (χ0) is 15.0. The maximum absolute atomic E-state index is 13.5. The minimum atomic E-state index is -0.919. The summed E-state index contributed by atoms with van der Waals surface area (Å²) in [7, 11) is 1.55. The van der Waals surface area contributed by atoms with Crippen LogP contribution in [0.1, 0.15) is 5.82 Å². The standard InChI is InChI=1S/C15H11ClF2N2O/c1-21-13-4-2-3-12-15(13)19-14(8-16)20(12)9-5-6-10(17)11(18)7-9/h2-7H,8H2,1H3. The Morgan fingerprint density at radius 1 is 1.19 bits per heavy atom. The van der Waals surface area contributed by atoms with Gasteiger partial charge in [-0.25, -0.2) is 13.8 Å². The molecule has 0 fully saturated rings. The van der Waals surface area contributed by atoms with E-state index in [1.54, 1.807) is 23.8 Å². The first-order chi connectivity index (χ1) is 10.2. The van der Waals surface area contributed by atoms with Gasteiger partial charge in [0, 0.05) is 6.07 Å². The Morgan fingerprint density at radius 3 is 2.67 bits per heavy atom. The molecule has 3 nitrogen and oxygen atoms in total. The molecule has 0 saturated heterocycles. The number of para-hydroxylation sites is 1. The smallest absolute Gasteiger partial charge is 0.160 e. The highest BCUT2D eigenvalue weighted by Gasteiger charge is 2.16. The minimum Gasteiger partial charge on any atom is -0.494 e. The molecule has 0 unspecified atom stereocenters. The van der Waals surface area contributed by atoms with E-state index in [1.165, 1.54) is 6.07 Å². The van der Waals surface area contributed by atoms with E-state index in [2.05, 4.69) is 4.98 Å². The number of halogens is 3. The lowest BCUT2D eigenvalue weighted by Gasteiger charge is -2.08. The van der Waals surface area contributed by atoms with Crippen molar-refractivity contribution in [2.24, 2.45) is 0 Å². The molecule has 3 aromatic rings. The number of alkyl halides is 1. The van der Waals surface area contributed by atoms with Gasteiger partial charge < -0.3 is 4.74 Å². The van der Waals surface area contributed by atoms with Crippen molar-refractivity contribution in [3.63, 3.8) is 0 Å². The summed E-state index contributed by atoms with van der Waals surface area (Å²) in [6.45, 7) is 0. The largest absolute Gasteiger partial charge is 0.494 e. The van der Waals surface area contributed by atoms with E-state index in [0.717, 1.165) is 17.6 Å². The van der Waals surface area contributed by atoms with Crippen LogP contribution in [0, 0.1) is 11.6 Å². The average molecular weight is 309 g/mol. The van der Waals surface area contributed by atoms with Crippen molar-refractivity contribution in [2.45, 2.75) is 5.88 Å². The summed E-state index contributed by atoms with van der Waals surface area (Å²) in [6, 6.07) is 9.08. The van der Waals surface area contributed by atoms with Gasteiger partial charge >= 0.3 is 0 Å². The van der Waals surface area contributed by atoms with Crippen molar-refractivity contribution in [2.75, 3.05) is 7.11 Å². The molecule has 0 radical (unpaired) electrons. The Labute approximate surface area is 124 Å². The van der Waals surface area contributed by atoms with Gasteiger partial charge in [-0.05, 0) is 24.3 Å². The monoisotopic (exact) mass is 308 g/mol. The second-order valence-electron chi connectivity index (χ2n) is 4.42. The Hall–Kier alpha value is -2.14. The summed E-state index contributed by atoms with van der Waals surface area (Å²) in [5.74, 6) is -0.551. The number of ether oxygens (including phenoxy) is 1. The van der Waals surface area contributed by atoms with Crippen LogP contribution in [0.5, 0.6) is 5.75 Å². The van der Waals surface area contributed by atoms with Gasteiger partial charge in [0.1, 0.15) is 17.1 Å². The fourth-order valence-electron chi connectivity index (χ4n) is 2.29. The van der Waals surface area contributed by atoms with E-state index in [9.17, 15) is 8.78 Å². The summed E-state index contributed by atoms with van der Waals surface area (Å²) in [6.07, 6.45) is 0. The number of methoxy groups -OCH3 is 1. The molecule has 3 rings (SSSR count). The number of fused-ring (bicyclic) bond motifs is 1. The van der Waals surface area contributed by atoms with Crippen molar-refractivity contribution in [3.8, 4) is 11.4 Å². The normalized spacial score (nSPS) is 11.0. The van der Waals surface area contributed by atoms with Crippen molar-refractivity contribution in [1.29, 1.82) is 0 Å². The van der Waals surface area contributed by atoms with Gasteiger partial charge in [-0.1, -0.05) is 6.07 Å². The molecule has 0 spiro atoms. The molecule has 1 heterocycles. The van der Waals surface area contributed by atoms with Crippen LogP contribution < -0.4 is 4.74 Å². The lowest BCUT2D eigenvalue weighted by molar-refractivity contribution is 0.419. The van der Waals surface area contributed by atoms with Crippen molar-refractivity contribution in [1.82, 2.24) is 9.55 Å². The SMILES string of the molecule is COc1cccc2c1nc(CCl)n2-c1ccc(F)c(F)c1. The molecule has 0 saturated carbocycles. The van der Waals surface area contributed by atoms with E-state index in [-0.39, 0.29) is 5.88 Å².